The first-order valence-electron chi connectivity index (χ1n) is 4.66. The van der Waals surface area contributed by atoms with Gasteiger partial charge in [-0.25, -0.2) is 4.39 Å². The van der Waals surface area contributed by atoms with Gasteiger partial charge in [-0.05, 0) is 41.7 Å². The van der Waals surface area contributed by atoms with Gasteiger partial charge in [0.15, 0.2) is 0 Å². The van der Waals surface area contributed by atoms with E-state index >= 15 is 0 Å². The molecule has 0 N–H and O–H groups in total. The molecule has 14 heavy (non-hydrogen) atoms. The lowest BCUT2D eigenvalue weighted by atomic mass is 9.89. The van der Waals surface area contributed by atoms with Crippen LogP contribution >= 0.6 is 0 Å². The van der Waals surface area contributed by atoms with Crippen LogP contribution in [0.2, 0.25) is 0 Å². The van der Waals surface area contributed by atoms with E-state index < -0.39 is 0 Å². The first-order chi connectivity index (χ1) is 6.81. The van der Waals surface area contributed by atoms with Crippen molar-refractivity contribution in [1.82, 2.24) is 0 Å². The van der Waals surface area contributed by atoms with Crippen LogP contribution in [0.1, 0.15) is 24.0 Å². The maximum absolute atomic E-state index is 12.9. The first kappa shape index (κ1) is 8.96. The van der Waals surface area contributed by atoms with Crippen molar-refractivity contribution in [2.75, 3.05) is 0 Å². The van der Waals surface area contributed by atoms with Crippen molar-refractivity contribution in [3.63, 3.8) is 0 Å². The zero-order valence-corrected chi connectivity index (χ0v) is 7.76. The summed E-state index contributed by atoms with van der Waals surface area (Å²) in [5.41, 5.74) is 3.10. The summed E-state index contributed by atoms with van der Waals surface area (Å²) in [6, 6.07) is 6.92. The molecule has 1 aliphatic carbocycles. The summed E-state index contributed by atoms with van der Waals surface area (Å²) in [6.45, 7) is 0. The highest BCUT2D eigenvalue weighted by molar-refractivity contribution is 5.71. The van der Waals surface area contributed by atoms with E-state index in [1.807, 2.05) is 0 Å². The van der Waals surface area contributed by atoms with Gasteiger partial charge in [0, 0.05) is 0 Å². The third-order valence-corrected chi connectivity index (χ3v) is 2.49. The van der Waals surface area contributed by atoms with Crippen molar-refractivity contribution >= 4 is 5.57 Å². The number of halogens is 1. The van der Waals surface area contributed by atoms with Crippen molar-refractivity contribution in [2.24, 2.45) is 0 Å². The van der Waals surface area contributed by atoms with Gasteiger partial charge in [-0.3, -0.25) is 0 Å². The Morgan fingerprint density at radius 3 is 3.07 bits per heavy atom. The van der Waals surface area contributed by atoms with Crippen molar-refractivity contribution in [3.8, 4) is 6.07 Å². The van der Waals surface area contributed by atoms with Crippen LogP contribution in [0.3, 0.4) is 0 Å². The quantitative estimate of drug-likeness (QED) is 0.662. The fourth-order valence-corrected chi connectivity index (χ4v) is 1.85. The average Bonchev–Trinajstić information content (AvgIpc) is 2.18. The van der Waals surface area contributed by atoms with Crippen LogP contribution in [-0.4, -0.2) is 0 Å². The van der Waals surface area contributed by atoms with Gasteiger partial charge in [-0.15, -0.1) is 0 Å². The normalized spacial score (nSPS) is 14.1. The molecule has 0 aliphatic heterocycles. The Bertz CT molecular complexity index is 426. The van der Waals surface area contributed by atoms with E-state index in [2.05, 4.69) is 12.1 Å². The van der Waals surface area contributed by atoms with E-state index in [1.165, 1.54) is 6.07 Å². The van der Waals surface area contributed by atoms with Gasteiger partial charge in [-0.1, -0.05) is 12.1 Å². The fourth-order valence-electron chi connectivity index (χ4n) is 1.85. The number of hydrogen-bond acceptors (Lipinski definition) is 1. The minimum absolute atomic E-state index is 0.193. The summed E-state index contributed by atoms with van der Waals surface area (Å²) in [5, 5.41) is 8.63. The number of nitrogens with zero attached hydrogens (tertiary/aromatic N) is 1. The molecule has 0 atom stereocenters. The van der Waals surface area contributed by atoms with Crippen molar-refractivity contribution in [3.05, 3.63) is 41.2 Å². The van der Waals surface area contributed by atoms with Gasteiger partial charge in [0.1, 0.15) is 5.82 Å². The third-order valence-electron chi connectivity index (χ3n) is 2.49. The Morgan fingerprint density at radius 1 is 1.43 bits per heavy atom. The molecule has 1 aliphatic rings. The molecule has 0 aromatic heterocycles. The average molecular weight is 187 g/mol. The number of rotatable bonds is 1. The number of benzene rings is 1. The maximum atomic E-state index is 12.9. The smallest absolute Gasteiger partial charge is 0.123 e. The fraction of sp³-hybridized carbons (Fsp3) is 0.250. The molecule has 2 rings (SSSR count). The maximum Gasteiger partial charge on any atom is 0.123 e. The second-order valence-electron chi connectivity index (χ2n) is 3.40. The molecular formula is C12H10FN. The van der Waals surface area contributed by atoms with Crippen LogP contribution in [0.15, 0.2) is 24.3 Å². The lowest BCUT2D eigenvalue weighted by molar-refractivity contribution is 0.624. The lowest BCUT2D eigenvalue weighted by Gasteiger charge is -2.15. The molecule has 0 fully saturated rings. The van der Waals surface area contributed by atoms with Crippen molar-refractivity contribution in [1.29, 1.82) is 5.26 Å². The third kappa shape index (κ3) is 1.54. The summed E-state index contributed by atoms with van der Waals surface area (Å²) in [5.74, 6) is -0.193. The number of nitriles is 1. The van der Waals surface area contributed by atoms with Crippen LogP contribution in [-0.2, 0) is 6.42 Å². The van der Waals surface area contributed by atoms with Gasteiger partial charge in [0.25, 0.3) is 0 Å². The topological polar surface area (TPSA) is 23.8 Å². The zero-order valence-electron chi connectivity index (χ0n) is 7.76. The van der Waals surface area contributed by atoms with Crippen molar-refractivity contribution < 1.29 is 4.39 Å². The molecule has 2 heteroatoms. The molecule has 0 radical (unpaired) electrons. The van der Waals surface area contributed by atoms with E-state index in [4.69, 9.17) is 5.26 Å². The predicted octanol–water partition coefficient (Wildman–Crippen LogP) is 3.07. The highest BCUT2D eigenvalue weighted by Gasteiger charge is 2.12. The Balaban J connectivity index is 2.44. The second-order valence-corrected chi connectivity index (χ2v) is 3.40. The van der Waals surface area contributed by atoms with Crippen molar-refractivity contribution in [2.45, 2.75) is 19.3 Å². The number of hydrogen-bond donors (Lipinski definition) is 0. The molecule has 1 nitrogen and oxygen atoms in total. The number of aryl methyl sites for hydroxylation is 1. The van der Waals surface area contributed by atoms with E-state index in [0.29, 0.717) is 6.42 Å². The Hall–Kier alpha value is -1.62. The van der Waals surface area contributed by atoms with Gasteiger partial charge < -0.3 is 0 Å². The second kappa shape index (κ2) is 3.63. The Kier molecular flexibility index (Phi) is 2.32. The molecule has 1 aromatic carbocycles. The molecule has 0 heterocycles. The monoisotopic (exact) mass is 187 g/mol. The van der Waals surface area contributed by atoms with Crippen LogP contribution in [0.25, 0.3) is 5.57 Å². The molecule has 0 saturated heterocycles. The van der Waals surface area contributed by atoms with Crippen LogP contribution in [0.5, 0.6) is 0 Å². The van der Waals surface area contributed by atoms with Crippen LogP contribution in [0.4, 0.5) is 4.39 Å². The molecule has 0 spiro atoms. The lowest BCUT2D eigenvalue weighted by Crippen LogP contribution is -2.00. The summed E-state index contributed by atoms with van der Waals surface area (Å²) in [7, 11) is 0. The molecule has 1 aromatic rings. The zero-order chi connectivity index (χ0) is 9.97. The minimum Gasteiger partial charge on any atom is -0.207 e. The van der Waals surface area contributed by atoms with Gasteiger partial charge in [0.05, 0.1) is 12.5 Å². The van der Waals surface area contributed by atoms with Gasteiger partial charge in [0.2, 0.25) is 0 Å². The molecule has 0 bridgehead atoms. The minimum atomic E-state index is -0.193. The Labute approximate surface area is 82.5 Å². The SMILES string of the molecule is N#CCC1=CCCc2cc(F)ccc21. The van der Waals surface area contributed by atoms with E-state index in [9.17, 15) is 4.39 Å². The molecule has 0 unspecified atom stereocenters. The largest absolute Gasteiger partial charge is 0.207 e. The summed E-state index contributed by atoms with van der Waals surface area (Å²) in [4.78, 5) is 0. The summed E-state index contributed by atoms with van der Waals surface area (Å²) in [6.07, 6.45) is 4.28. The predicted molar refractivity (Wildman–Crippen MR) is 52.9 cm³/mol. The van der Waals surface area contributed by atoms with Crippen LogP contribution in [0, 0.1) is 17.1 Å². The first-order valence-corrected chi connectivity index (χ1v) is 4.66. The summed E-state index contributed by atoms with van der Waals surface area (Å²) >= 11 is 0. The molecule has 0 saturated carbocycles. The highest BCUT2D eigenvalue weighted by atomic mass is 19.1. The number of allylic oxidation sites excluding steroid dienone is 2. The van der Waals surface area contributed by atoms with Gasteiger partial charge in [-0.2, -0.15) is 5.26 Å². The van der Waals surface area contributed by atoms with Gasteiger partial charge >= 0.3 is 0 Å². The van der Waals surface area contributed by atoms with Crippen LogP contribution < -0.4 is 0 Å². The Morgan fingerprint density at radius 2 is 2.29 bits per heavy atom. The molecule has 70 valence electrons. The highest BCUT2D eigenvalue weighted by Crippen LogP contribution is 2.28. The standard InChI is InChI=1S/C12H10FN/c13-11-4-5-12-9(6-7-14)2-1-3-10(12)8-11/h2,4-5,8H,1,3,6H2. The summed E-state index contributed by atoms with van der Waals surface area (Å²) < 4.78 is 12.9. The van der Waals surface area contributed by atoms with E-state index in [0.717, 1.165) is 29.5 Å². The van der Waals surface area contributed by atoms with E-state index in [-0.39, 0.29) is 5.82 Å². The molecule has 0 amide bonds. The molecular weight excluding hydrogens is 177 g/mol. The number of fused-ring (bicyclic) bond motifs is 1. The van der Waals surface area contributed by atoms with E-state index in [1.54, 1.807) is 12.1 Å².